The SMILES string of the molecule is Cc1cc([C@@H](CCc2ccc(N3CCC(C(=O)O)CC3)cc2)c2ccccc2C=O)ccn1. The summed E-state index contributed by atoms with van der Waals surface area (Å²) in [5, 5.41) is 9.21. The molecule has 1 N–H and O–H groups in total. The summed E-state index contributed by atoms with van der Waals surface area (Å²) in [7, 11) is 0. The van der Waals surface area contributed by atoms with Crippen LogP contribution in [0.4, 0.5) is 5.69 Å². The molecule has 4 rings (SSSR count). The Kier molecular flexibility index (Phi) is 7.18. The van der Waals surface area contributed by atoms with Gasteiger partial charge in [0.2, 0.25) is 0 Å². The third kappa shape index (κ3) is 5.48. The molecule has 1 aliphatic rings. The van der Waals surface area contributed by atoms with Crippen molar-refractivity contribution in [2.24, 2.45) is 5.92 Å². The molecule has 2 heterocycles. The van der Waals surface area contributed by atoms with Gasteiger partial charge in [0.05, 0.1) is 5.92 Å². The molecule has 3 aromatic rings. The lowest BCUT2D eigenvalue weighted by atomic mass is 9.84. The summed E-state index contributed by atoms with van der Waals surface area (Å²) < 4.78 is 0. The number of aliphatic carboxylic acids is 1. The molecule has 1 aromatic heterocycles. The van der Waals surface area contributed by atoms with Gasteiger partial charge in [0, 0.05) is 42.1 Å². The Labute approximate surface area is 195 Å². The number of carboxylic acids is 1. The van der Waals surface area contributed by atoms with Crippen molar-refractivity contribution in [2.45, 2.75) is 38.5 Å². The molecule has 1 aliphatic heterocycles. The Balaban J connectivity index is 1.48. The summed E-state index contributed by atoms with van der Waals surface area (Å²) in [5.74, 6) is -0.786. The molecular weight excluding hydrogens is 412 g/mol. The van der Waals surface area contributed by atoms with Crippen LogP contribution in [0.15, 0.2) is 66.9 Å². The monoisotopic (exact) mass is 442 g/mol. The van der Waals surface area contributed by atoms with Gasteiger partial charge < -0.3 is 10.0 Å². The number of anilines is 1. The Morgan fingerprint density at radius 2 is 1.85 bits per heavy atom. The quantitative estimate of drug-likeness (QED) is 0.481. The zero-order valence-electron chi connectivity index (χ0n) is 19.0. The van der Waals surface area contributed by atoms with Crippen LogP contribution < -0.4 is 4.90 Å². The number of piperidine rings is 1. The molecule has 5 nitrogen and oxygen atoms in total. The maximum absolute atomic E-state index is 11.7. The number of pyridine rings is 1. The minimum absolute atomic E-state index is 0.114. The van der Waals surface area contributed by atoms with E-state index in [-0.39, 0.29) is 11.8 Å². The van der Waals surface area contributed by atoms with Crippen molar-refractivity contribution < 1.29 is 14.7 Å². The van der Waals surface area contributed by atoms with Crippen molar-refractivity contribution >= 4 is 17.9 Å². The predicted molar refractivity (Wildman–Crippen MR) is 130 cm³/mol. The van der Waals surface area contributed by atoms with Gasteiger partial charge in [-0.2, -0.15) is 0 Å². The van der Waals surface area contributed by atoms with Gasteiger partial charge in [-0.05, 0) is 73.6 Å². The fourth-order valence-electron chi connectivity index (χ4n) is 4.79. The first kappa shape index (κ1) is 22.7. The first-order chi connectivity index (χ1) is 16.0. The number of benzene rings is 2. The second-order valence-electron chi connectivity index (χ2n) is 8.83. The molecule has 1 fully saturated rings. The number of carbonyl (C=O) groups is 2. The Bertz CT molecular complexity index is 1100. The topological polar surface area (TPSA) is 70.5 Å². The second kappa shape index (κ2) is 10.4. The number of hydrogen-bond acceptors (Lipinski definition) is 4. The predicted octanol–water partition coefficient (Wildman–Crippen LogP) is 5.27. The van der Waals surface area contributed by atoms with Gasteiger partial charge in [-0.3, -0.25) is 14.6 Å². The van der Waals surface area contributed by atoms with Crippen LogP contribution in [0, 0.1) is 12.8 Å². The van der Waals surface area contributed by atoms with Gasteiger partial charge in [0.25, 0.3) is 0 Å². The minimum atomic E-state index is -0.680. The Morgan fingerprint density at radius 3 is 2.52 bits per heavy atom. The highest BCUT2D eigenvalue weighted by atomic mass is 16.4. The van der Waals surface area contributed by atoms with Crippen LogP contribution in [0.5, 0.6) is 0 Å². The van der Waals surface area contributed by atoms with Crippen molar-refractivity contribution in [3.63, 3.8) is 0 Å². The molecular formula is C28H30N2O3. The molecule has 2 aromatic carbocycles. The van der Waals surface area contributed by atoms with Crippen LogP contribution in [0.3, 0.4) is 0 Å². The van der Waals surface area contributed by atoms with E-state index >= 15 is 0 Å². The zero-order valence-corrected chi connectivity index (χ0v) is 19.0. The lowest BCUT2D eigenvalue weighted by molar-refractivity contribution is -0.142. The molecule has 0 radical (unpaired) electrons. The first-order valence-corrected chi connectivity index (χ1v) is 11.6. The Morgan fingerprint density at radius 1 is 1.12 bits per heavy atom. The van der Waals surface area contributed by atoms with Crippen LogP contribution >= 0.6 is 0 Å². The lowest BCUT2D eigenvalue weighted by Gasteiger charge is -2.32. The number of rotatable bonds is 8. The van der Waals surface area contributed by atoms with Crippen molar-refractivity contribution in [3.8, 4) is 0 Å². The highest BCUT2D eigenvalue weighted by Crippen LogP contribution is 2.32. The van der Waals surface area contributed by atoms with Crippen LogP contribution in [-0.4, -0.2) is 35.4 Å². The number of aromatic nitrogens is 1. The average molecular weight is 443 g/mol. The Hall–Kier alpha value is -3.47. The van der Waals surface area contributed by atoms with E-state index in [9.17, 15) is 14.7 Å². The molecule has 0 unspecified atom stereocenters. The number of aldehydes is 1. The first-order valence-electron chi connectivity index (χ1n) is 11.6. The largest absolute Gasteiger partial charge is 0.481 e. The van der Waals surface area contributed by atoms with E-state index in [1.54, 1.807) is 0 Å². The zero-order chi connectivity index (χ0) is 23.2. The average Bonchev–Trinajstić information content (AvgIpc) is 2.85. The van der Waals surface area contributed by atoms with Crippen LogP contribution in [0.1, 0.15) is 57.9 Å². The fraction of sp³-hybridized carbons (Fsp3) is 0.321. The molecule has 5 heteroatoms. The van der Waals surface area contributed by atoms with E-state index in [4.69, 9.17) is 0 Å². The third-order valence-electron chi connectivity index (χ3n) is 6.69. The lowest BCUT2D eigenvalue weighted by Crippen LogP contribution is -2.36. The van der Waals surface area contributed by atoms with Crippen molar-refractivity contribution in [1.82, 2.24) is 4.98 Å². The van der Waals surface area contributed by atoms with Gasteiger partial charge in [-0.1, -0.05) is 36.4 Å². The number of nitrogens with zero attached hydrogens (tertiary/aromatic N) is 2. The van der Waals surface area contributed by atoms with Crippen molar-refractivity contribution in [1.29, 1.82) is 0 Å². The van der Waals surface area contributed by atoms with Gasteiger partial charge in [0.15, 0.2) is 0 Å². The number of carbonyl (C=O) groups excluding carboxylic acids is 1. The smallest absolute Gasteiger partial charge is 0.306 e. The van der Waals surface area contributed by atoms with E-state index < -0.39 is 5.97 Å². The van der Waals surface area contributed by atoms with Crippen molar-refractivity contribution in [2.75, 3.05) is 18.0 Å². The molecule has 170 valence electrons. The highest BCUT2D eigenvalue weighted by molar-refractivity contribution is 5.78. The van der Waals surface area contributed by atoms with Gasteiger partial charge in [0.1, 0.15) is 6.29 Å². The summed E-state index contributed by atoms with van der Waals surface area (Å²) in [4.78, 5) is 29.5. The number of hydrogen-bond donors (Lipinski definition) is 1. The van der Waals surface area contributed by atoms with E-state index in [0.717, 1.165) is 54.7 Å². The summed E-state index contributed by atoms with van der Waals surface area (Å²) in [5.41, 5.74) is 6.33. The summed E-state index contributed by atoms with van der Waals surface area (Å²) in [6.45, 7) is 3.55. The van der Waals surface area contributed by atoms with E-state index in [0.29, 0.717) is 12.8 Å². The van der Waals surface area contributed by atoms with Gasteiger partial charge in [-0.25, -0.2) is 0 Å². The molecule has 0 amide bonds. The minimum Gasteiger partial charge on any atom is -0.481 e. The molecule has 1 saturated heterocycles. The fourth-order valence-corrected chi connectivity index (χ4v) is 4.79. The molecule has 33 heavy (non-hydrogen) atoms. The second-order valence-corrected chi connectivity index (χ2v) is 8.83. The van der Waals surface area contributed by atoms with E-state index in [2.05, 4.69) is 40.2 Å². The van der Waals surface area contributed by atoms with Crippen molar-refractivity contribution in [3.05, 3.63) is 94.8 Å². The molecule has 0 aliphatic carbocycles. The van der Waals surface area contributed by atoms with Gasteiger partial charge >= 0.3 is 5.97 Å². The van der Waals surface area contributed by atoms with Gasteiger partial charge in [-0.15, -0.1) is 0 Å². The summed E-state index contributed by atoms with van der Waals surface area (Å²) in [6.07, 6.45) is 5.95. The maximum atomic E-state index is 11.7. The summed E-state index contributed by atoms with van der Waals surface area (Å²) in [6, 6.07) is 20.6. The van der Waals surface area contributed by atoms with E-state index in [1.165, 1.54) is 11.1 Å². The van der Waals surface area contributed by atoms with Crippen LogP contribution in [0.25, 0.3) is 0 Å². The number of carboxylic acid groups (broad SMARTS) is 1. The molecule has 0 spiro atoms. The summed E-state index contributed by atoms with van der Waals surface area (Å²) >= 11 is 0. The third-order valence-corrected chi connectivity index (χ3v) is 6.69. The normalized spacial score (nSPS) is 15.2. The van der Waals surface area contributed by atoms with E-state index in [1.807, 2.05) is 43.5 Å². The molecule has 0 bridgehead atoms. The van der Waals surface area contributed by atoms with Crippen LogP contribution in [-0.2, 0) is 11.2 Å². The van der Waals surface area contributed by atoms with Crippen LogP contribution in [0.2, 0.25) is 0 Å². The maximum Gasteiger partial charge on any atom is 0.306 e. The number of aryl methyl sites for hydroxylation is 2. The standard InChI is InChI=1S/C28H30N2O3/c1-20-18-23(12-15-29-20)27(26-5-3-2-4-24(26)19-31)11-8-21-6-9-25(10-7-21)30-16-13-22(14-17-30)28(32)33/h2-7,9-10,12,15,18-19,22,27H,8,11,13-14,16-17H2,1H3,(H,32,33)/t27-/m1/s1. The molecule has 1 atom stereocenters. The molecule has 0 saturated carbocycles. The highest BCUT2D eigenvalue weighted by Gasteiger charge is 2.24.